The van der Waals surface area contributed by atoms with Crippen molar-refractivity contribution in [3.05, 3.63) is 82.8 Å². The second kappa shape index (κ2) is 8.96. The van der Waals surface area contributed by atoms with Gasteiger partial charge in [-0.05, 0) is 29.8 Å². The smallest absolute Gasteiger partial charge is 0.339 e. The van der Waals surface area contributed by atoms with Crippen LogP contribution in [0.4, 0.5) is 11.5 Å². The van der Waals surface area contributed by atoms with E-state index in [0.29, 0.717) is 23.1 Å². The topological polar surface area (TPSA) is 93.2 Å². The van der Waals surface area contributed by atoms with Crippen molar-refractivity contribution in [2.45, 2.75) is 6.54 Å². The number of anilines is 2. The molecule has 0 aliphatic heterocycles. The van der Waals surface area contributed by atoms with Gasteiger partial charge in [0, 0.05) is 17.6 Å². The van der Waals surface area contributed by atoms with Gasteiger partial charge < -0.3 is 15.4 Å². The van der Waals surface area contributed by atoms with Gasteiger partial charge in [-0.2, -0.15) is 0 Å². The van der Waals surface area contributed by atoms with E-state index in [-0.39, 0.29) is 11.3 Å². The number of rotatable bonds is 6. The third kappa shape index (κ3) is 4.83. The number of para-hydroxylation sites is 1. The van der Waals surface area contributed by atoms with Crippen LogP contribution < -0.4 is 10.6 Å². The SMILES string of the molecule is COC(=O)c1ccccc1NC(=O)c1cc(NCc2ccc(Cl)cc2)ncn1. The molecule has 2 N–H and O–H groups in total. The summed E-state index contributed by atoms with van der Waals surface area (Å²) in [4.78, 5) is 32.5. The molecule has 0 fully saturated rings. The van der Waals surface area contributed by atoms with Gasteiger partial charge in [0.25, 0.3) is 5.91 Å². The van der Waals surface area contributed by atoms with E-state index in [1.807, 2.05) is 12.1 Å². The number of hydrogen-bond acceptors (Lipinski definition) is 6. The quantitative estimate of drug-likeness (QED) is 0.616. The molecule has 142 valence electrons. The van der Waals surface area contributed by atoms with Crippen molar-refractivity contribution in [1.82, 2.24) is 9.97 Å². The van der Waals surface area contributed by atoms with E-state index in [1.54, 1.807) is 36.4 Å². The normalized spacial score (nSPS) is 10.2. The van der Waals surface area contributed by atoms with Crippen LogP contribution in [-0.2, 0) is 11.3 Å². The Balaban J connectivity index is 1.70. The van der Waals surface area contributed by atoms with Gasteiger partial charge in [-0.3, -0.25) is 4.79 Å². The van der Waals surface area contributed by atoms with Crippen molar-refractivity contribution in [3.8, 4) is 0 Å². The van der Waals surface area contributed by atoms with Gasteiger partial charge in [0.2, 0.25) is 0 Å². The largest absolute Gasteiger partial charge is 0.465 e. The van der Waals surface area contributed by atoms with Crippen LogP contribution in [0.15, 0.2) is 60.9 Å². The van der Waals surface area contributed by atoms with Gasteiger partial charge in [0.15, 0.2) is 0 Å². The summed E-state index contributed by atoms with van der Waals surface area (Å²) in [5.41, 5.74) is 1.77. The molecule has 0 spiro atoms. The average Bonchev–Trinajstić information content (AvgIpc) is 2.73. The zero-order valence-electron chi connectivity index (χ0n) is 15.0. The van der Waals surface area contributed by atoms with E-state index in [1.165, 1.54) is 19.5 Å². The molecule has 0 radical (unpaired) electrons. The van der Waals surface area contributed by atoms with Crippen molar-refractivity contribution in [3.63, 3.8) is 0 Å². The molecule has 3 aromatic rings. The van der Waals surface area contributed by atoms with Crippen LogP contribution in [0.2, 0.25) is 5.02 Å². The number of halogens is 1. The molecule has 0 aliphatic carbocycles. The average molecular weight is 397 g/mol. The summed E-state index contributed by atoms with van der Waals surface area (Å²) in [6, 6.07) is 15.5. The lowest BCUT2D eigenvalue weighted by Crippen LogP contribution is -2.17. The fraction of sp³-hybridized carbons (Fsp3) is 0.100. The number of hydrogen-bond donors (Lipinski definition) is 2. The van der Waals surface area contributed by atoms with Gasteiger partial charge in [-0.25, -0.2) is 14.8 Å². The van der Waals surface area contributed by atoms with Crippen LogP contribution in [0.5, 0.6) is 0 Å². The Morgan fingerprint density at radius 2 is 1.82 bits per heavy atom. The Hall–Kier alpha value is -3.45. The Labute approximate surface area is 166 Å². The van der Waals surface area contributed by atoms with E-state index in [9.17, 15) is 9.59 Å². The molecule has 0 unspecified atom stereocenters. The van der Waals surface area contributed by atoms with Crippen LogP contribution in [0.3, 0.4) is 0 Å². The first-order chi connectivity index (χ1) is 13.6. The van der Waals surface area contributed by atoms with Crippen molar-refractivity contribution in [1.29, 1.82) is 0 Å². The molecule has 0 aliphatic rings. The van der Waals surface area contributed by atoms with Crippen LogP contribution >= 0.6 is 11.6 Å². The molecule has 0 bridgehead atoms. The molecular weight excluding hydrogens is 380 g/mol. The first-order valence-corrected chi connectivity index (χ1v) is 8.73. The highest BCUT2D eigenvalue weighted by Gasteiger charge is 2.15. The van der Waals surface area contributed by atoms with Crippen LogP contribution in [0, 0.1) is 0 Å². The lowest BCUT2D eigenvalue weighted by molar-refractivity contribution is 0.0602. The van der Waals surface area contributed by atoms with Crippen molar-refractivity contribution in [2.24, 2.45) is 0 Å². The lowest BCUT2D eigenvalue weighted by atomic mass is 10.1. The number of nitrogens with zero attached hydrogens (tertiary/aromatic N) is 2. The monoisotopic (exact) mass is 396 g/mol. The number of ether oxygens (including phenoxy) is 1. The second-order valence-electron chi connectivity index (χ2n) is 5.76. The highest BCUT2D eigenvalue weighted by Crippen LogP contribution is 2.17. The number of carbonyl (C=O) groups excluding carboxylic acids is 2. The fourth-order valence-corrected chi connectivity index (χ4v) is 2.57. The highest BCUT2D eigenvalue weighted by atomic mass is 35.5. The molecule has 0 saturated carbocycles. The Kier molecular flexibility index (Phi) is 6.18. The molecule has 8 heteroatoms. The Morgan fingerprint density at radius 3 is 2.57 bits per heavy atom. The summed E-state index contributed by atoms with van der Waals surface area (Å²) in [6.45, 7) is 0.514. The van der Waals surface area contributed by atoms with Gasteiger partial charge in [0.05, 0.1) is 18.4 Å². The maximum atomic E-state index is 12.5. The predicted octanol–water partition coefficient (Wildman–Crippen LogP) is 3.78. The van der Waals surface area contributed by atoms with Crippen molar-refractivity contribution in [2.75, 3.05) is 17.7 Å². The summed E-state index contributed by atoms with van der Waals surface area (Å²) in [6.07, 6.45) is 1.30. The van der Waals surface area contributed by atoms with Crippen LogP contribution in [0.25, 0.3) is 0 Å². The van der Waals surface area contributed by atoms with Gasteiger partial charge >= 0.3 is 5.97 Å². The molecule has 1 heterocycles. The van der Waals surface area contributed by atoms with Crippen molar-refractivity contribution >= 4 is 35.0 Å². The lowest BCUT2D eigenvalue weighted by Gasteiger charge is -2.10. The summed E-state index contributed by atoms with van der Waals surface area (Å²) >= 11 is 5.88. The van der Waals surface area contributed by atoms with Crippen molar-refractivity contribution < 1.29 is 14.3 Å². The summed E-state index contributed by atoms with van der Waals surface area (Å²) in [7, 11) is 1.28. The second-order valence-corrected chi connectivity index (χ2v) is 6.20. The zero-order valence-corrected chi connectivity index (χ0v) is 15.7. The summed E-state index contributed by atoms with van der Waals surface area (Å²) < 4.78 is 4.73. The number of aromatic nitrogens is 2. The number of esters is 1. The van der Waals surface area contributed by atoms with Crippen LogP contribution in [0.1, 0.15) is 26.4 Å². The maximum Gasteiger partial charge on any atom is 0.339 e. The number of benzene rings is 2. The molecule has 3 rings (SSSR count). The fourth-order valence-electron chi connectivity index (χ4n) is 2.44. The van der Waals surface area contributed by atoms with E-state index < -0.39 is 11.9 Å². The molecule has 1 aromatic heterocycles. The van der Waals surface area contributed by atoms with E-state index in [2.05, 4.69) is 20.6 Å². The third-order valence-electron chi connectivity index (χ3n) is 3.87. The predicted molar refractivity (Wildman–Crippen MR) is 107 cm³/mol. The van der Waals surface area contributed by atoms with E-state index in [0.717, 1.165) is 5.56 Å². The van der Waals surface area contributed by atoms with E-state index >= 15 is 0 Å². The minimum Gasteiger partial charge on any atom is -0.465 e. The standard InChI is InChI=1S/C20H17ClN4O3/c1-28-20(27)15-4-2-3-5-16(15)25-19(26)17-10-18(24-12-23-17)22-11-13-6-8-14(21)9-7-13/h2-10,12H,11H2,1H3,(H,25,26)(H,22,23,24). The number of amides is 1. The first kappa shape index (κ1) is 19.3. The van der Waals surface area contributed by atoms with Gasteiger partial charge in [-0.1, -0.05) is 35.9 Å². The summed E-state index contributed by atoms with van der Waals surface area (Å²) in [5, 5.41) is 6.47. The maximum absolute atomic E-state index is 12.5. The molecule has 1 amide bonds. The molecule has 28 heavy (non-hydrogen) atoms. The molecular formula is C20H17ClN4O3. The highest BCUT2D eigenvalue weighted by molar-refractivity contribution is 6.30. The minimum atomic E-state index is -0.538. The number of nitrogens with one attached hydrogen (secondary N) is 2. The van der Waals surface area contributed by atoms with Gasteiger partial charge in [0.1, 0.15) is 17.8 Å². The zero-order chi connectivity index (χ0) is 19.9. The molecule has 0 saturated heterocycles. The Bertz CT molecular complexity index is 993. The summed E-state index contributed by atoms with van der Waals surface area (Å²) in [5.74, 6) is -0.506. The number of methoxy groups -OCH3 is 1. The third-order valence-corrected chi connectivity index (χ3v) is 4.12. The molecule has 7 nitrogen and oxygen atoms in total. The number of carbonyl (C=O) groups is 2. The van der Waals surface area contributed by atoms with E-state index in [4.69, 9.17) is 16.3 Å². The minimum absolute atomic E-state index is 0.160. The van der Waals surface area contributed by atoms with Gasteiger partial charge in [-0.15, -0.1) is 0 Å². The molecule has 0 atom stereocenters. The first-order valence-electron chi connectivity index (χ1n) is 8.36. The van der Waals surface area contributed by atoms with Crippen LogP contribution in [-0.4, -0.2) is 29.0 Å². The molecule has 2 aromatic carbocycles. The Morgan fingerprint density at radius 1 is 1.07 bits per heavy atom.